The minimum absolute atomic E-state index is 0.605. The number of aromatic nitrogens is 1. The van der Waals surface area contributed by atoms with Gasteiger partial charge in [-0.1, -0.05) is 12.0 Å². The Labute approximate surface area is 73.0 Å². The van der Waals surface area contributed by atoms with Gasteiger partial charge < -0.3 is 5.32 Å². The van der Waals surface area contributed by atoms with Crippen LogP contribution in [-0.2, 0) is 6.54 Å². The Balaban J connectivity index is 2.48. The van der Waals surface area contributed by atoms with Crippen LogP contribution in [0.3, 0.4) is 0 Å². The van der Waals surface area contributed by atoms with Crippen molar-refractivity contribution in [3.8, 4) is 12.3 Å². The van der Waals surface area contributed by atoms with Crippen LogP contribution in [0.1, 0.15) is 11.1 Å². The van der Waals surface area contributed by atoms with Crippen molar-refractivity contribution in [2.24, 2.45) is 0 Å². The van der Waals surface area contributed by atoms with E-state index in [1.807, 2.05) is 19.3 Å². The predicted molar refractivity (Wildman–Crippen MR) is 49.5 cm³/mol. The highest BCUT2D eigenvalue weighted by atomic mass is 14.8. The molecule has 0 saturated carbocycles. The molecule has 0 amide bonds. The predicted octanol–water partition coefficient (Wildman–Crippen LogP) is 1.11. The Hall–Kier alpha value is -1.33. The summed E-state index contributed by atoms with van der Waals surface area (Å²) in [6.07, 6.45) is 8.78. The highest BCUT2D eigenvalue weighted by molar-refractivity contribution is 5.16. The summed E-state index contributed by atoms with van der Waals surface area (Å²) < 4.78 is 0. The van der Waals surface area contributed by atoms with Crippen molar-refractivity contribution in [1.82, 2.24) is 10.3 Å². The average Bonchev–Trinajstić information content (AvgIpc) is 2.05. The van der Waals surface area contributed by atoms with E-state index in [4.69, 9.17) is 6.42 Å². The van der Waals surface area contributed by atoms with Crippen LogP contribution in [-0.4, -0.2) is 11.5 Å². The lowest BCUT2D eigenvalue weighted by molar-refractivity contribution is 0.766. The number of terminal acetylenes is 1. The molecule has 0 aliphatic heterocycles. The number of rotatable bonds is 3. The zero-order chi connectivity index (χ0) is 8.81. The van der Waals surface area contributed by atoms with Gasteiger partial charge in [0.1, 0.15) is 0 Å². The zero-order valence-electron chi connectivity index (χ0n) is 7.17. The van der Waals surface area contributed by atoms with Crippen LogP contribution in [0.5, 0.6) is 0 Å². The van der Waals surface area contributed by atoms with Gasteiger partial charge in [-0.2, -0.15) is 0 Å². The van der Waals surface area contributed by atoms with Gasteiger partial charge in [0.25, 0.3) is 0 Å². The molecular formula is C10H12N2. The van der Waals surface area contributed by atoms with Crippen LogP contribution in [0.2, 0.25) is 0 Å². The molecule has 62 valence electrons. The fourth-order valence-electron chi connectivity index (χ4n) is 0.993. The molecule has 0 atom stereocenters. The number of pyridine rings is 1. The number of aryl methyl sites for hydroxylation is 1. The first-order valence-electron chi connectivity index (χ1n) is 3.87. The maximum atomic E-state index is 5.09. The van der Waals surface area contributed by atoms with Gasteiger partial charge >= 0.3 is 0 Å². The minimum atomic E-state index is 0.605. The molecule has 1 aromatic rings. The lowest BCUT2D eigenvalue weighted by Gasteiger charge is -2.00. The van der Waals surface area contributed by atoms with Gasteiger partial charge in [0.2, 0.25) is 0 Å². The normalized spacial score (nSPS) is 9.33. The second-order valence-corrected chi connectivity index (χ2v) is 2.68. The van der Waals surface area contributed by atoms with Crippen LogP contribution in [0.25, 0.3) is 0 Å². The molecule has 0 saturated heterocycles. The van der Waals surface area contributed by atoms with Gasteiger partial charge in [-0.15, -0.1) is 6.42 Å². The van der Waals surface area contributed by atoms with E-state index in [-0.39, 0.29) is 0 Å². The summed E-state index contributed by atoms with van der Waals surface area (Å²) in [6, 6.07) is 2.09. The first-order chi connectivity index (χ1) is 5.83. The van der Waals surface area contributed by atoms with E-state index >= 15 is 0 Å². The molecule has 0 unspecified atom stereocenters. The SMILES string of the molecule is C#CCNCc1cncc(C)c1. The first kappa shape index (κ1) is 8.76. The van der Waals surface area contributed by atoms with Crippen molar-refractivity contribution in [3.05, 3.63) is 29.6 Å². The quantitative estimate of drug-likeness (QED) is 0.529. The highest BCUT2D eigenvalue weighted by Crippen LogP contribution is 1.99. The zero-order valence-corrected chi connectivity index (χ0v) is 7.17. The van der Waals surface area contributed by atoms with Crippen LogP contribution in [0, 0.1) is 19.3 Å². The highest BCUT2D eigenvalue weighted by Gasteiger charge is 1.91. The second kappa shape index (κ2) is 4.53. The number of hydrogen-bond acceptors (Lipinski definition) is 2. The van der Waals surface area contributed by atoms with E-state index in [9.17, 15) is 0 Å². The Bertz CT molecular complexity index is 286. The lowest BCUT2D eigenvalue weighted by Crippen LogP contribution is -2.13. The molecule has 1 N–H and O–H groups in total. The first-order valence-corrected chi connectivity index (χ1v) is 3.87. The molecular weight excluding hydrogens is 148 g/mol. The van der Waals surface area contributed by atoms with Gasteiger partial charge in [0.15, 0.2) is 0 Å². The number of nitrogens with zero attached hydrogens (tertiary/aromatic N) is 1. The second-order valence-electron chi connectivity index (χ2n) is 2.68. The third-order valence-corrected chi connectivity index (χ3v) is 1.49. The van der Waals surface area contributed by atoms with E-state index in [2.05, 4.69) is 22.3 Å². The van der Waals surface area contributed by atoms with Gasteiger partial charge in [-0.25, -0.2) is 0 Å². The lowest BCUT2D eigenvalue weighted by atomic mass is 10.2. The molecule has 0 aromatic carbocycles. The Morgan fingerprint density at radius 1 is 1.58 bits per heavy atom. The molecule has 0 aliphatic carbocycles. The molecule has 0 bridgehead atoms. The molecule has 1 rings (SSSR count). The summed E-state index contributed by atoms with van der Waals surface area (Å²) in [6.45, 7) is 3.42. The van der Waals surface area contributed by atoms with Crippen molar-refractivity contribution >= 4 is 0 Å². The van der Waals surface area contributed by atoms with Crippen LogP contribution >= 0.6 is 0 Å². The Morgan fingerprint density at radius 3 is 3.08 bits per heavy atom. The molecule has 12 heavy (non-hydrogen) atoms. The van der Waals surface area contributed by atoms with Gasteiger partial charge in [-0.3, -0.25) is 4.98 Å². The van der Waals surface area contributed by atoms with E-state index in [1.165, 1.54) is 11.1 Å². The summed E-state index contributed by atoms with van der Waals surface area (Å²) in [5, 5.41) is 3.10. The standard InChI is InChI=1S/C10H12N2/c1-3-4-11-7-10-5-9(2)6-12-8-10/h1,5-6,8,11H,4,7H2,2H3. The van der Waals surface area contributed by atoms with E-state index in [0.717, 1.165) is 6.54 Å². The van der Waals surface area contributed by atoms with Gasteiger partial charge in [-0.05, 0) is 18.1 Å². The van der Waals surface area contributed by atoms with Crippen molar-refractivity contribution in [2.75, 3.05) is 6.54 Å². The largest absolute Gasteiger partial charge is 0.302 e. The summed E-state index contributed by atoms with van der Waals surface area (Å²) in [5.74, 6) is 2.52. The van der Waals surface area contributed by atoms with Crippen LogP contribution in [0.4, 0.5) is 0 Å². The molecule has 2 heteroatoms. The summed E-state index contributed by atoms with van der Waals surface area (Å²) in [4.78, 5) is 4.07. The molecule has 1 aromatic heterocycles. The van der Waals surface area contributed by atoms with Crippen molar-refractivity contribution in [2.45, 2.75) is 13.5 Å². The molecule has 0 radical (unpaired) electrons. The smallest absolute Gasteiger partial charge is 0.0576 e. The van der Waals surface area contributed by atoms with E-state index in [1.54, 1.807) is 0 Å². The number of hydrogen-bond donors (Lipinski definition) is 1. The molecule has 0 aliphatic rings. The van der Waals surface area contributed by atoms with Crippen LogP contribution in [0.15, 0.2) is 18.5 Å². The Morgan fingerprint density at radius 2 is 2.42 bits per heavy atom. The molecule has 0 fully saturated rings. The average molecular weight is 160 g/mol. The maximum Gasteiger partial charge on any atom is 0.0576 e. The van der Waals surface area contributed by atoms with E-state index < -0.39 is 0 Å². The third-order valence-electron chi connectivity index (χ3n) is 1.49. The fraction of sp³-hybridized carbons (Fsp3) is 0.300. The summed E-state index contributed by atoms with van der Waals surface area (Å²) in [5.41, 5.74) is 2.35. The molecule has 0 spiro atoms. The molecule has 1 heterocycles. The molecule has 2 nitrogen and oxygen atoms in total. The van der Waals surface area contributed by atoms with E-state index in [0.29, 0.717) is 6.54 Å². The van der Waals surface area contributed by atoms with Crippen molar-refractivity contribution in [3.63, 3.8) is 0 Å². The summed E-state index contributed by atoms with van der Waals surface area (Å²) in [7, 11) is 0. The number of nitrogens with one attached hydrogen (secondary N) is 1. The minimum Gasteiger partial charge on any atom is -0.302 e. The Kier molecular flexibility index (Phi) is 3.31. The maximum absolute atomic E-state index is 5.09. The van der Waals surface area contributed by atoms with Crippen molar-refractivity contribution in [1.29, 1.82) is 0 Å². The van der Waals surface area contributed by atoms with Gasteiger partial charge in [0, 0.05) is 18.9 Å². The van der Waals surface area contributed by atoms with Crippen LogP contribution < -0.4 is 5.32 Å². The summed E-state index contributed by atoms with van der Waals surface area (Å²) >= 11 is 0. The third kappa shape index (κ3) is 2.73. The van der Waals surface area contributed by atoms with Crippen molar-refractivity contribution < 1.29 is 0 Å². The monoisotopic (exact) mass is 160 g/mol. The van der Waals surface area contributed by atoms with Gasteiger partial charge in [0.05, 0.1) is 6.54 Å². The topological polar surface area (TPSA) is 24.9 Å². The fourth-order valence-corrected chi connectivity index (χ4v) is 0.993.